The SMILES string of the molecule is CCc1cc(NCc2ccc(NS(=O)(=O)C(C)C)cc2)ccc1OC1CCCC1. The normalized spacial score (nSPS) is 14.9. The molecule has 2 N–H and O–H groups in total. The largest absolute Gasteiger partial charge is 0.490 e. The van der Waals surface area contributed by atoms with Crippen LogP contribution in [-0.4, -0.2) is 19.8 Å². The molecule has 29 heavy (non-hydrogen) atoms. The van der Waals surface area contributed by atoms with Crippen LogP contribution in [0.2, 0.25) is 0 Å². The molecule has 3 rings (SSSR count). The molecule has 0 spiro atoms. The van der Waals surface area contributed by atoms with E-state index in [1.165, 1.54) is 18.4 Å². The Kier molecular flexibility index (Phi) is 7.06. The maximum absolute atomic E-state index is 12.0. The monoisotopic (exact) mass is 416 g/mol. The second-order valence-corrected chi connectivity index (χ2v) is 10.2. The highest BCUT2D eigenvalue weighted by Crippen LogP contribution is 2.29. The maximum Gasteiger partial charge on any atom is 0.235 e. The lowest BCUT2D eigenvalue weighted by atomic mass is 10.1. The molecule has 2 aromatic rings. The number of aryl methyl sites for hydroxylation is 1. The van der Waals surface area contributed by atoms with Crippen LogP contribution in [0.25, 0.3) is 0 Å². The molecule has 0 heterocycles. The Balaban J connectivity index is 1.59. The molecule has 0 bridgehead atoms. The van der Waals surface area contributed by atoms with Crippen LogP contribution in [0.3, 0.4) is 0 Å². The first-order chi connectivity index (χ1) is 13.9. The Hall–Kier alpha value is -2.21. The number of ether oxygens (including phenoxy) is 1. The van der Waals surface area contributed by atoms with Gasteiger partial charge in [-0.25, -0.2) is 8.42 Å². The van der Waals surface area contributed by atoms with Gasteiger partial charge in [0.15, 0.2) is 0 Å². The minimum absolute atomic E-state index is 0.366. The van der Waals surface area contributed by atoms with Gasteiger partial charge in [0.05, 0.1) is 11.4 Å². The van der Waals surface area contributed by atoms with Gasteiger partial charge in [-0.05, 0) is 87.4 Å². The third kappa shape index (κ3) is 5.89. The van der Waals surface area contributed by atoms with Crippen LogP contribution in [0, 0.1) is 0 Å². The molecule has 5 nitrogen and oxygen atoms in total. The lowest BCUT2D eigenvalue weighted by molar-refractivity contribution is 0.208. The zero-order valence-corrected chi connectivity index (χ0v) is 18.4. The Morgan fingerprint density at radius 1 is 1.03 bits per heavy atom. The molecule has 0 aromatic heterocycles. The van der Waals surface area contributed by atoms with E-state index in [9.17, 15) is 8.42 Å². The molecule has 6 heteroatoms. The second kappa shape index (κ2) is 9.53. The first-order valence-corrected chi connectivity index (χ1v) is 12.1. The van der Waals surface area contributed by atoms with E-state index in [1.807, 2.05) is 12.1 Å². The fourth-order valence-electron chi connectivity index (χ4n) is 3.44. The quantitative estimate of drug-likeness (QED) is 0.579. The predicted molar refractivity (Wildman–Crippen MR) is 120 cm³/mol. The zero-order chi connectivity index (χ0) is 20.9. The number of rotatable bonds is 9. The minimum Gasteiger partial charge on any atom is -0.490 e. The van der Waals surface area contributed by atoms with E-state index in [0.29, 0.717) is 18.3 Å². The summed E-state index contributed by atoms with van der Waals surface area (Å²) in [7, 11) is -3.32. The highest BCUT2D eigenvalue weighted by Gasteiger charge is 2.18. The first kappa shape index (κ1) is 21.5. The molecule has 0 saturated heterocycles. The van der Waals surface area contributed by atoms with Gasteiger partial charge in [-0.15, -0.1) is 0 Å². The topological polar surface area (TPSA) is 67.4 Å². The number of anilines is 2. The van der Waals surface area contributed by atoms with Gasteiger partial charge in [0.2, 0.25) is 10.0 Å². The fraction of sp³-hybridized carbons (Fsp3) is 0.478. The van der Waals surface area contributed by atoms with Gasteiger partial charge in [-0.1, -0.05) is 19.1 Å². The Morgan fingerprint density at radius 3 is 2.31 bits per heavy atom. The van der Waals surface area contributed by atoms with Crippen molar-refractivity contribution < 1.29 is 13.2 Å². The van der Waals surface area contributed by atoms with Gasteiger partial charge in [-0.3, -0.25) is 4.72 Å². The molecule has 0 radical (unpaired) electrons. The maximum atomic E-state index is 12.0. The highest BCUT2D eigenvalue weighted by atomic mass is 32.2. The van der Waals surface area contributed by atoms with E-state index in [2.05, 4.69) is 35.2 Å². The molecule has 1 aliphatic rings. The summed E-state index contributed by atoms with van der Waals surface area (Å²) >= 11 is 0. The molecule has 158 valence electrons. The van der Waals surface area contributed by atoms with E-state index >= 15 is 0 Å². The lowest BCUT2D eigenvalue weighted by Crippen LogP contribution is -2.22. The van der Waals surface area contributed by atoms with Crippen LogP contribution in [0.5, 0.6) is 5.75 Å². The number of nitrogens with one attached hydrogen (secondary N) is 2. The Morgan fingerprint density at radius 2 is 1.69 bits per heavy atom. The number of sulfonamides is 1. The first-order valence-electron chi connectivity index (χ1n) is 10.5. The molecule has 0 aliphatic heterocycles. The van der Waals surface area contributed by atoms with Crippen molar-refractivity contribution in [3.05, 3.63) is 53.6 Å². The van der Waals surface area contributed by atoms with Crippen molar-refractivity contribution in [1.29, 1.82) is 0 Å². The third-order valence-corrected chi connectivity index (χ3v) is 7.13. The number of benzene rings is 2. The predicted octanol–water partition coefficient (Wildman–Crippen LogP) is 5.33. The van der Waals surface area contributed by atoms with Crippen LogP contribution >= 0.6 is 0 Å². The second-order valence-electron chi connectivity index (χ2n) is 7.95. The fourth-order valence-corrected chi connectivity index (χ4v) is 4.14. The molecular formula is C23H32N2O3S. The Bertz CT molecular complexity index is 902. The van der Waals surface area contributed by atoms with Gasteiger partial charge >= 0.3 is 0 Å². The van der Waals surface area contributed by atoms with Crippen LogP contribution in [0.4, 0.5) is 11.4 Å². The van der Waals surface area contributed by atoms with Gasteiger partial charge in [0.25, 0.3) is 0 Å². The smallest absolute Gasteiger partial charge is 0.235 e. The summed E-state index contributed by atoms with van der Waals surface area (Å²) in [6.07, 6.45) is 6.15. The third-order valence-electron chi connectivity index (χ3n) is 5.37. The average Bonchev–Trinajstić information content (AvgIpc) is 3.21. The number of hydrogen-bond donors (Lipinski definition) is 2. The van der Waals surface area contributed by atoms with Crippen molar-refractivity contribution in [2.24, 2.45) is 0 Å². The van der Waals surface area contributed by atoms with E-state index in [0.717, 1.165) is 36.3 Å². The van der Waals surface area contributed by atoms with Crippen molar-refractivity contribution in [3.8, 4) is 5.75 Å². The van der Waals surface area contributed by atoms with Crippen molar-refractivity contribution in [3.63, 3.8) is 0 Å². The molecule has 2 aromatic carbocycles. The van der Waals surface area contributed by atoms with Crippen molar-refractivity contribution in [2.45, 2.75) is 70.8 Å². The summed E-state index contributed by atoms with van der Waals surface area (Å²) in [6.45, 7) is 6.14. The molecular weight excluding hydrogens is 384 g/mol. The molecule has 0 atom stereocenters. The van der Waals surface area contributed by atoms with E-state index < -0.39 is 15.3 Å². The van der Waals surface area contributed by atoms with E-state index in [4.69, 9.17) is 4.74 Å². The lowest BCUT2D eigenvalue weighted by Gasteiger charge is -2.17. The van der Waals surface area contributed by atoms with Crippen LogP contribution in [0.15, 0.2) is 42.5 Å². The van der Waals surface area contributed by atoms with Crippen LogP contribution in [0.1, 0.15) is 57.6 Å². The van der Waals surface area contributed by atoms with Crippen LogP contribution in [-0.2, 0) is 23.0 Å². The van der Waals surface area contributed by atoms with Crippen molar-refractivity contribution in [2.75, 3.05) is 10.0 Å². The number of hydrogen-bond acceptors (Lipinski definition) is 4. The van der Waals surface area contributed by atoms with Crippen molar-refractivity contribution >= 4 is 21.4 Å². The molecule has 1 fully saturated rings. The van der Waals surface area contributed by atoms with Crippen molar-refractivity contribution in [1.82, 2.24) is 0 Å². The zero-order valence-electron chi connectivity index (χ0n) is 17.6. The van der Waals surface area contributed by atoms with Crippen LogP contribution < -0.4 is 14.8 Å². The average molecular weight is 417 g/mol. The summed E-state index contributed by atoms with van der Waals surface area (Å²) < 4.78 is 32.7. The summed E-state index contributed by atoms with van der Waals surface area (Å²) in [6, 6.07) is 13.8. The molecule has 0 amide bonds. The summed E-state index contributed by atoms with van der Waals surface area (Å²) in [5.74, 6) is 1.01. The Labute approximate surface area is 174 Å². The van der Waals surface area contributed by atoms with Gasteiger partial charge in [0.1, 0.15) is 5.75 Å². The summed E-state index contributed by atoms with van der Waals surface area (Å²) in [5.41, 5.74) is 3.96. The molecule has 0 unspecified atom stereocenters. The standard InChI is InChI=1S/C23H32N2O3S/c1-4-19-15-21(13-14-23(19)28-22-7-5-6-8-22)24-16-18-9-11-20(12-10-18)25-29(26,27)17(2)3/h9-15,17,22,24-25H,4-8,16H2,1-3H3. The summed E-state index contributed by atoms with van der Waals surface area (Å²) in [5, 5.41) is 2.99. The molecule has 1 saturated carbocycles. The highest BCUT2D eigenvalue weighted by molar-refractivity contribution is 7.93. The summed E-state index contributed by atoms with van der Waals surface area (Å²) in [4.78, 5) is 0. The van der Waals surface area contributed by atoms with E-state index in [-0.39, 0.29) is 0 Å². The van der Waals surface area contributed by atoms with Gasteiger partial charge < -0.3 is 10.1 Å². The van der Waals surface area contributed by atoms with Gasteiger partial charge in [-0.2, -0.15) is 0 Å². The van der Waals surface area contributed by atoms with E-state index in [1.54, 1.807) is 26.0 Å². The molecule has 1 aliphatic carbocycles. The minimum atomic E-state index is -3.32. The van der Waals surface area contributed by atoms with Gasteiger partial charge in [0, 0.05) is 17.9 Å².